The fourth-order valence-electron chi connectivity index (χ4n) is 1.71. The summed E-state index contributed by atoms with van der Waals surface area (Å²) >= 11 is 0. The first-order chi connectivity index (χ1) is 8.97. The third kappa shape index (κ3) is 3.68. The Labute approximate surface area is 107 Å². The van der Waals surface area contributed by atoms with Crippen LogP contribution in [-0.4, -0.2) is 31.9 Å². The van der Waals surface area contributed by atoms with Gasteiger partial charge in [-0.25, -0.2) is 4.79 Å². The maximum atomic E-state index is 12.0. The summed E-state index contributed by atoms with van der Waals surface area (Å²) in [6.45, 7) is 1.86. The van der Waals surface area contributed by atoms with Crippen LogP contribution in [-0.2, 0) is 9.53 Å². The van der Waals surface area contributed by atoms with E-state index in [0.29, 0.717) is 13.2 Å². The number of carbonyl (C=O) groups excluding carboxylic acids is 1. The molecule has 0 spiro atoms. The highest BCUT2D eigenvalue weighted by Crippen LogP contribution is 2.22. The predicted molar refractivity (Wildman–Crippen MR) is 59.7 cm³/mol. The molecular formula is C12H12F3NO3. The molecule has 0 aliphatic carbocycles. The Kier molecular flexibility index (Phi) is 4.06. The van der Waals surface area contributed by atoms with Crippen LogP contribution in [0.1, 0.15) is 11.6 Å². The number of rotatable bonds is 2. The smallest absolute Gasteiger partial charge is 0.420 e. The summed E-state index contributed by atoms with van der Waals surface area (Å²) in [6.07, 6.45) is -4.99. The van der Waals surface area contributed by atoms with Gasteiger partial charge in [0.2, 0.25) is 0 Å². The Bertz CT molecular complexity index is 439. The summed E-state index contributed by atoms with van der Waals surface area (Å²) in [7, 11) is 0. The Morgan fingerprint density at radius 3 is 2.53 bits per heavy atom. The zero-order chi connectivity index (χ0) is 13.9. The summed E-state index contributed by atoms with van der Waals surface area (Å²) < 4.78 is 45.5. The van der Waals surface area contributed by atoms with Gasteiger partial charge in [0.1, 0.15) is 5.75 Å². The first-order valence-electron chi connectivity index (χ1n) is 5.67. The van der Waals surface area contributed by atoms with Crippen molar-refractivity contribution in [1.29, 1.82) is 0 Å². The zero-order valence-electron chi connectivity index (χ0n) is 9.87. The molecule has 1 heterocycles. The van der Waals surface area contributed by atoms with E-state index < -0.39 is 12.1 Å². The third-order valence-electron chi connectivity index (χ3n) is 2.65. The normalized spacial score (nSPS) is 20.1. The Hall–Kier alpha value is -1.60. The highest BCUT2D eigenvalue weighted by molar-refractivity contribution is 5.78. The number of hydrogen-bond donors (Lipinski definition) is 1. The van der Waals surface area contributed by atoms with E-state index in [0.717, 1.165) is 12.1 Å². The lowest BCUT2D eigenvalue weighted by molar-refractivity contribution is -0.189. The van der Waals surface area contributed by atoms with Crippen molar-refractivity contribution in [2.45, 2.75) is 12.2 Å². The van der Waals surface area contributed by atoms with Crippen LogP contribution in [0.3, 0.4) is 0 Å². The van der Waals surface area contributed by atoms with E-state index in [2.05, 4.69) is 10.1 Å². The molecule has 1 aromatic carbocycles. The van der Waals surface area contributed by atoms with Crippen LogP contribution in [0.25, 0.3) is 0 Å². The number of ether oxygens (including phenoxy) is 2. The SMILES string of the molecule is O=C(Oc1ccc(C2COCCN2)cc1)C(F)(F)F. The van der Waals surface area contributed by atoms with Crippen LogP contribution in [0.4, 0.5) is 13.2 Å². The van der Waals surface area contributed by atoms with E-state index in [1.807, 2.05) is 0 Å². The van der Waals surface area contributed by atoms with Crippen molar-refractivity contribution in [2.75, 3.05) is 19.8 Å². The summed E-state index contributed by atoms with van der Waals surface area (Å²) in [5, 5.41) is 3.21. The lowest BCUT2D eigenvalue weighted by atomic mass is 10.1. The number of halogens is 3. The van der Waals surface area contributed by atoms with Crippen LogP contribution >= 0.6 is 0 Å². The van der Waals surface area contributed by atoms with Crippen LogP contribution in [0, 0.1) is 0 Å². The minimum Gasteiger partial charge on any atom is -0.420 e. The van der Waals surface area contributed by atoms with Gasteiger partial charge >= 0.3 is 12.1 Å². The molecule has 2 rings (SSSR count). The molecule has 0 aromatic heterocycles. The second-order valence-corrected chi connectivity index (χ2v) is 4.04. The van der Waals surface area contributed by atoms with Crippen molar-refractivity contribution in [3.8, 4) is 5.75 Å². The van der Waals surface area contributed by atoms with Crippen LogP contribution in [0.5, 0.6) is 5.75 Å². The van der Waals surface area contributed by atoms with Gasteiger partial charge < -0.3 is 14.8 Å². The molecule has 0 saturated carbocycles. The first-order valence-corrected chi connectivity index (χ1v) is 5.67. The Morgan fingerprint density at radius 2 is 2.00 bits per heavy atom. The van der Waals surface area contributed by atoms with E-state index in [1.165, 1.54) is 12.1 Å². The molecule has 19 heavy (non-hydrogen) atoms. The van der Waals surface area contributed by atoms with Gasteiger partial charge in [0.15, 0.2) is 0 Å². The van der Waals surface area contributed by atoms with Gasteiger partial charge in [-0.15, -0.1) is 0 Å². The second kappa shape index (κ2) is 5.58. The first kappa shape index (κ1) is 13.8. The van der Waals surface area contributed by atoms with Crippen molar-refractivity contribution < 1.29 is 27.4 Å². The van der Waals surface area contributed by atoms with Crippen molar-refractivity contribution in [1.82, 2.24) is 5.32 Å². The van der Waals surface area contributed by atoms with Gasteiger partial charge in [-0.05, 0) is 17.7 Å². The predicted octanol–water partition coefficient (Wildman–Crippen LogP) is 1.82. The van der Waals surface area contributed by atoms with Crippen molar-refractivity contribution in [3.05, 3.63) is 29.8 Å². The number of benzene rings is 1. The number of alkyl halides is 3. The van der Waals surface area contributed by atoms with Gasteiger partial charge in [0.25, 0.3) is 0 Å². The maximum Gasteiger partial charge on any atom is 0.491 e. The number of carbonyl (C=O) groups is 1. The molecule has 4 nitrogen and oxygen atoms in total. The monoisotopic (exact) mass is 275 g/mol. The molecule has 0 radical (unpaired) electrons. The topological polar surface area (TPSA) is 47.6 Å². The van der Waals surface area contributed by atoms with Crippen molar-refractivity contribution >= 4 is 5.97 Å². The average molecular weight is 275 g/mol. The highest BCUT2D eigenvalue weighted by atomic mass is 19.4. The lowest BCUT2D eigenvalue weighted by Crippen LogP contribution is -2.34. The Balaban J connectivity index is 2.00. The lowest BCUT2D eigenvalue weighted by Gasteiger charge is -2.24. The molecular weight excluding hydrogens is 263 g/mol. The summed E-state index contributed by atoms with van der Waals surface area (Å²) in [6, 6.07) is 5.86. The van der Waals surface area contributed by atoms with Crippen LogP contribution in [0.2, 0.25) is 0 Å². The number of morpholine rings is 1. The molecule has 1 saturated heterocycles. The fourth-order valence-corrected chi connectivity index (χ4v) is 1.71. The number of nitrogens with one attached hydrogen (secondary N) is 1. The number of esters is 1. The summed E-state index contributed by atoms with van der Waals surface area (Å²) in [5.41, 5.74) is 0.867. The van der Waals surface area contributed by atoms with Crippen molar-refractivity contribution in [2.24, 2.45) is 0 Å². The molecule has 1 aliphatic rings. The second-order valence-electron chi connectivity index (χ2n) is 4.04. The largest absolute Gasteiger partial charge is 0.491 e. The van der Waals surface area contributed by atoms with Gasteiger partial charge in [0.05, 0.1) is 19.3 Å². The van der Waals surface area contributed by atoms with E-state index in [1.54, 1.807) is 12.1 Å². The molecule has 1 unspecified atom stereocenters. The molecule has 7 heteroatoms. The zero-order valence-corrected chi connectivity index (χ0v) is 9.87. The van der Waals surface area contributed by atoms with Gasteiger partial charge in [-0.1, -0.05) is 12.1 Å². The molecule has 1 aliphatic heterocycles. The van der Waals surface area contributed by atoms with Crippen LogP contribution in [0.15, 0.2) is 24.3 Å². The fraction of sp³-hybridized carbons (Fsp3) is 0.417. The Morgan fingerprint density at radius 1 is 1.32 bits per heavy atom. The van der Waals surface area contributed by atoms with E-state index >= 15 is 0 Å². The van der Waals surface area contributed by atoms with E-state index in [9.17, 15) is 18.0 Å². The molecule has 0 amide bonds. The highest BCUT2D eigenvalue weighted by Gasteiger charge is 2.41. The minimum absolute atomic E-state index is 0.00103. The minimum atomic E-state index is -4.99. The summed E-state index contributed by atoms with van der Waals surface area (Å²) in [5.74, 6) is -2.36. The maximum absolute atomic E-state index is 12.0. The summed E-state index contributed by atoms with van der Waals surface area (Å²) in [4.78, 5) is 10.6. The standard InChI is InChI=1S/C12H12F3NO3/c13-12(14,15)11(17)19-9-3-1-8(2-4-9)10-7-18-6-5-16-10/h1-4,10,16H,5-7H2. The third-order valence-corrected chi connectivity index (χ3v) is 2.65. The molecule has 1 atom stereocenters. The molecule has 104 valence electrons. The van der Waals surface area contributed by atoms with E-state index in [4.69, 9.17) is 4.74 Å². The number of hydrogen-bond acceptors (Lipinski definition) is 4. The van der Waals surface area contributed by atoms with Gasteiger partial charge in [0, 0.05) is 6.54 Å². The average Bonchev–Trinajstić information content (AvgIpc) is 2.39. The molecule has 1 aromatic rings. The van der Waals surface area contributed by atoms with Gasteiger partial charge in [-0.3, -0.25) is 0 Å². The van der Waals surface area contributed by atoms with E-state index in [-0.39, 0.29) is 11.8 Å². The van der Waals surface area contributed by atoms with Crippen LogP contribution < -0.4 is 10.1 Å². The molecule has 0 bridgehead atoms. The molecule has 1 N–H and O–H groups in total. The molecule has 1 fully saturated rings. The van der Waals surface area contributed by atoms with Crippen molar-refractivity contribution in [3.63, 3.8) is 0 Å². The van der Waals surface area contributed by atoms with Gasteiger partial charge in [-0.2, -0.15) is 13.2 Å². The quantitative estimate of drug-likeness (QED) is 0.660.